The van der Waals surface area contributed by atoms with Gasteiger partial charge in [-0.2, -0.15) is 0 Å². The molecule has 33 heavy (non-hydrogen) atoms. The van der Waals surface area contributed by atoms with Crippen LogP contribution in [-0.2, 0) is 35.2 Å². The Bertz CT molecular complexity index is 1170. The zero-order valence-electron chi connectivity index (χ0n) is 19.0. The molecule has 0 radical (unpaired) electrons. The van der Waals surface area contributed by atoms with Gasteiger partial charge in [0.2, 0.25) is 5.91 Å². The van der Waals surface area contributed by atoms with E-state index in [0.29, 0.717) is 17.1 Å². The summed E-state index contributed by atoms with van der Waals surface area (Å²) in [5.41, 5.74) is 4.61. The van der Waals surface area contributed by atoms with Gasteiger partial charge in [-0.05, 0) is 68.2 Å². The van der Waals surface area contributed by atoms with Crippen molar-refractivity contribution < 1.29 is 18.7 Å². The van der Waals surface area contributed by atoms with E-state index in [1.807, 2.05) is 12.1 Å². The summed E-state index contributed by atoms with van der Waals surface area (Å²) in [5, 5.41) is 7.75. The van der Waals surface area contributed by atoms with Gasteiger partial charge in [-0.25, -0.2) is 0 Å². The minimum atomic E-state index is -0.133. The molecule has 7 heteroatoms. The molecule has 2 N–H and O–H groups in total. The molecule has 1 saturated heterocycles. The van der Waals surface area contributed by atoms with Crippen LogP contribution in [0.2, 0.25) is 0 Å². The number of anilines is 1. The first-order valence-electron chi connectivity index (χ1n) is 12.0. The third kappa shape index (κ3) is 4.70. The Morgan fingerprint density at radius 1 is 1.18 bits per heavy atom. The van der Waals surface area contributed by atoms with Crippen molar-refractivity contribution in [3.8, 4) is 0 Å². The largest absolute Gasteiger partial charge is 0.464 e. The summed E-state index contributed by atoms with van der Waals surface area (Å²) < 4.78 is 11.3. The number of furan rings is 1. The van der Waals surface area contributed by atoms with Crippen LogP contribution in [0.5, 0.6) is 0 Å². The number of hydrogen-bond acceptors (Lipinski definition) is 5. The summed E-state index contributed by atoms with van der Waals surface area (Å²) in [6.07, 6.45) is 8.95. The van der Waals surface area contributed by atoms with E-state index in [-0.39, 0.29) is 24.3 Å². The Labute approximate surface area is 197 Å². The summed E-state index contributed by atoms with van der Waals surface area (Å²) in [6.45, 7) is 3.38. The van der Waals surface area contributed by atoms with Gasteiger partial charge in [0, 0.05) is 29.0 Å². The van der Waals surface area contributed by atoms with Crippen LogP contribution in [0.15, 0.2) is 28.9 Å². The quantitative estimate of drug-likeness (QED) is 0.512. The maximum absolute atomic E-state index is 13.2. The second-order valence-electron chi connectivity index (χ2n) is 8.93. The highest BCUT2D eigenvalue weighted by molar-refractivity contribution is 7.17. The predicted molar refractivity (Wildman–Crippen MR) is 130 cm³/mol. The first kappa shape index (κ1) is 22.2. The van der Waals surface area contributed by atoms with E-state index in [2.05, 4.69) is 23.6 Å². The lowest BCUT2D eigenvalue weighted by molar-refractivity contribution is -0.115. The highest BCUT2D eigenvalue weighted by Crippen LogP contribution is 2.38. The molecule has 3 heterocycles. The SMILES string of the molecule is CCc1ccc2occ(CC(=O)Nc3sc4c(c3C(=O)NCC3CCCO3)CCCC4)c2c1. The average Bonchev–Trinajstić information content (AvgIpc) is 3.56. The Hall–Kier alpha value is -2.64. The molecular formula is C26H30N2O4S. The monoisotopic (exact) mass is 466 g/mol. The molecule has 2 amide bonds. The molecule has 1 aliphatic heterocycles. The second-order valence-corrected chi connectivity index (χ2v) is 10.0. The van der Waals surface area contributed by atoms with Crippen LogP contribution in [0, 0.1) is 0 Å². The summed E-state index contributed by atoms with van der Waals surface area (Å²) in [6, 6.07) is 6.10. The number of fused-ring (bicyclic) bond motifs is 2. The molecule has 1 aliphatic carbocycles. The average molecular weight is 467 g/mol. The lowest BCUT2D eigenvalue weighted by Gasteiger charge is -2.15. The number of ether oxygens (including phenoxy) is 1. The summed E-state index contributed by atoms with van der Waals surface area (Å²) in [5.74, 6) is -0.243. The van der Waals surface area contributed by atoms with E-state index in [1.165, 1.54) is 10.4 Å². The van der Waals surface area contributed by atoms with E-state index < -0.39 is 0 Å². The molecular weight excluding hydrogens is 436 g/mol. The van der Waals surface area contributed by atoms with Crippen molar-refractivity contribution in [2.24, 2.45) is 0 Å². The van der Waals surface area contributed by atoms with E-state index in [0.717, 1.165) is 73.6 Å². The summed E-state index contributed by atoms with van der Waals surface area (Å²) in [4.78, 5) is 27.4. The lowest BCUT2D eigenvalue weighted by Crippen LogP contribution is -2.32. The first-order chi connectivity index (χ1) is 16.1. The molecule has 174 valence electrons. The predicted octanol–water partition coefficient (Wildman–Crippen LogP) is 5.03. The molecule has 1 aromatic carbocycles. The number of benzene rings is 1. The lowest BCUT2D eigenvalue weighted by atomic mass is 9.95. The number of rotatable bonds is 7. The van der Waals surface area contributed by atoms with Crippen molar-refractivity contribution >= 4 is 39.1 Å². The van der Waals surface area contributed by atoms with Gasteiger partial charge in [0.1, 0.15) is 10.6 Å². The number of carbonyl (C=O) groups excluding carboxylic acids is 2. The van der Waals surface area contributed by atoms with Gasteiger partial charge in [0.15, 0.2) is 0 Å². The molecule has 1 fully saturated rings. The van der Waals surface area contributed by atoms with Crippen LogP contribution < -0.4 is 10.6 Å². The zero-order chi connectivity index (χ0) is 22.8. The fourth-order valence-electron chi connectivity index (χ4n) is 4.82. The third-order valence-corrected chi connectivity index (χ3v) is 7.85. The smallest absolute Gasteiger partial charge is 0.254 e. The highest BCUT2D eigenvalue weighted by atomic mass is 32.1. The molecule has 0 spiro atoms. The van der Waals surface area contributed by atoms with Crippen LogP contribution in [-0.4, -0.2) is 31.1 Å². The van der Waals surface area contributed by atoms with E-state index in [1.54, 1.807) is 17.6 Å². The van der Waals surface area contributed by atoms with Gasteiger partial charge < -0.3 is 19.8 Å². The van der Waals surface area contributed by atoms with Crippen molar-refractivity contribution in [2.45, 2.75) is 64.4 Å². The standard InChI is InChI=1S/C26H30N2O4S/c1-2-16-9-10-21-20(12-16)17(15-32-21)13-23(29)28-26-24(19-7-3-4-8-22(19)33-26)25(30)27-14-18-6-5-11-31-18/h9-10,12,15,18H,2-8,11,13-14H2,1H3,(H,27,30)(H,28,29). The maximum atomic E-state index is 13.2. The molecule has 2 aliphatic rings. The molecule has 6 nitrogen and oxygen atoms in total. The zero-order valence-corrected chi connectivity index (χ0v) is 19.8. The van der Waals surface area contributed by atoms with Crippen LogP contribution >= 0.6 is 11.3 Å². The minimum Gasteiger partial charge on any atom is -0.464 e. The van der Waals surface area contributed by atoms with Crippen LogP contribution in [0.4, 0.5) is 5.00 Å². The van der Waals surface area contributed by atoms with Gasteiger partial charge in [-0.3, -0.25) is 9.59 Å². The van der Waals surface area contributed by atoms with Gasteiger partial charge in [-0.1, -0.05) is 13.0 Å². The van der Waals surface area contributed by atoms with E-state index >= 15 is 0 Å². The van der Waals surface area contributed by atoms with Crippen molar-refractivity contribution in [3.05, 3.63) is 51.6 Å². The van der Waals surface area contributed by atoms with Gasteiger partial charge >= 0.3 is 0 Å². The Morgan fingerprint density at radius 3 is 2.88 bits per heavy atom. The van der Waals surface area contributed by atoms with Crippen LogP contribution in [0.3, 0.4) is 0 Å². The number of carbonyl (C=O) groups is 2. The third-order valence-electron chi connectivity index (χ3n) is 6.64. The van der Waals surface area contributed by atoms with E-state index in [4.69, 9.17) is 9.15 Å². The fourth-order valence-corrected chi connectivity index (χ4v) is 6.13. The molecule has 0 bridgehead atoms. The molecule has 2 aromatic heterocycles. The van der Waals surface area contributed by atoms with Crippen molar-refractivity contribution in [3.63, 3.8) is 0 Å². The Balaban J connectivity index is 1.34. The van der Waals surface area contributed by atoms with Gasteiger partial charge in [0.05, 0.1) is 24.4 Å². The number of aryl methyl sites for hydroxylation is 2. The van der Waals surface area contributed by atoms with Crippen molar-refractivity contribution in [1.29, 1.82) is 0 Å². The first-order valence-corrected chi connectivity index (χ1v) is 12.8. The van der Waals surface area contributed by atoms with Crippen LogP contribution in [0.25, 0.3) is 11.0 Å². The normalized spacial score (nSPS) is 17.8. The maximum Gasteiger partial charge on any atom is 0.254 e. The highest BCUT2D eigenvalue weighted by Gasteiger charge is 2.27. The van der Waals surface area contributed by atoms with Crippen molar-refractivity contribution in [1.82, 2.24) is 5.32 Å². The molecule has 5 rings (SSSR count). The van der Waals surface area contributed by atoms with Gasteiger partial charge in [0.25, 0.3) is 5.91 Å². The molecule has 1 unspecified atom stereocenters. The Kier molecular flexibility index (Phi) is 6.51. The number of thiophene rings is 1. The van der Waals surface area contributed by atoms with Crippen LogP contribution in [0.1, 0.15) is 64.5 Å². The van der Waals surface area contributed by atoms with Crippen molar-refractivity contribution in [2.75, 3.05) is 18.5 Å². The van der Waals surface area contributed by atoms with Gasteiger partial charge in [-0.15, -0.1) is 11.3 Å². The summed E-state index contributed by atoms with van der Waals surface area (Å²) >= 11 is 1.55. The fraction of sp³-hybridized carbons (Fsp3) is 0.462. The number of hydrogen-bond donors (Lipinski definition) is 2. The summed E-state index contributed by atoms with van der Waals surface area (Å²) in [7, 11) is 0. The Morgan fingerprint density at radius 2 is 2.06 bits per heavy atom. The second kappa shape index (κ2) is 9.69. The topological polar surface area (TPSA) is 80.6 Å². The molecule has 0 saturated carbocycles. The molecule has 1 atom stereocenters. The molecule has 3 aromatic rings. The van der Waals surface area contributed by atoms with E-state index in [9.17, 15) is 9.59 Å². The minimum absolute atomic E-state index is 0.0869. The number of nitrogens with one attached hydrogen (secondary N) is 2. The number of amides is 2.